The van der Waals surface area contributed by atoms with Crippen LogP contribution in [0.2, 0.25) is 10.0 Å². The summed E-state index contributed by atoms with van der Waals surface area (Å²) in [5.41, 5.74) is 7.69. The first kappa shape index (κ1) is 18.4. The average molecular weight is 422 g/mol. The molecule has 0 fully saturated rings. The highest BCUT2D eigenvalue weighted by Gasteiger charge is 2.27. The lowest BCUT2D eigenvalue weighted by atomic mass is 10.2. The molecule has 10 heteroatoms. The molecule has 1 aliphatic rings. The van der Waals surface area contributed by atoms with E-state index in [0.29, 0.717) is 29.0 Å². The zero-order valence-corrected chi connectivity index (χ0v) is 16.8. The van der Waals surface area contributed by atoms with Gasteiger partial charge in [0.2, 0.25) is 0 Å². The third-order valence-electron chi connectivity index (χ3n) is 4.03. The van der Waals surface area contributed by atoms with Gasteiger partial charge in [0, 0.05) is 34.1 Å². The predicted octanol–water partition coefficient (Wildman–Crippen LogP) is 3.55. The molecule has 0 radical (unpaired) electrons. The van der Waals surface area contributed by atoms with Gasteiger partial charge in [0.05, 0.1) is 18.8 Å². The molecule has 3 aromatic rings. The molecule has 0 saturated carbocycles. The minimum atomic E-state index is -0.330. The Kier molecular flexibility index (Phi) is 5.14. The van der Waals surface area contributed by atoms with Crippen molar-refractivity contribution < 1.29 is 0 Å². The van der Waals surface area contributed by atoms with Crippen molar-refractivity contribution in [3.05, 3.63) is 64.0 Å². The molecule has 1 aromatic carbocycles. The van der Waals surface area contributed by atoms with E-state index in [0.717, 1.165) is 16.3 Å². The number of thioether (sulfide) groups is 1. The predicted molar refractivity (Wildman–Crippen MR) is 110 cm³/mol. The van der Waals surface area contributed by atoms with Crippen molar-refractivity contribution in [2.24, 2.45) is 10.8 Å². The van der Waals surface area contributed by atoms with Gasteiger partial charge >= 0.3 is 0 Å². The zero-order valence-electron chi connectivity index (χ0n) is 14.5. The van der Waals surface area contributed by atoms with Gasteiger partial charge in [-0.25, -0.2) is 5.01 Å². The minimum absolute atomic E-state index is 0.330. The molecule has 2 aromatic heterocycles. The van der Waals surface area contributed by atoms with E-state index >= 15 is 0 Å². The van der Waals surface area contributed by atoms with Gasteiger partial charge in [0.15, 0.2) is 11.3 Å². The monoisotopic (exact) mass is 421 g/mol. The number of aromatic nitrogens is 4. The molecular weight excluding hydrogens is 405 g/mol. The van der Waals surface area contributed by atoms with Gasteiger partial charge in [0.25, 0.3) is 0 Å². The number of hydrogen-bond donors (Lipinski definition) is 1. The Morgan fingerprint density at radius 2 is 1.74 bits per heavy atom. The van der Waals surface area contributed by atoms with Crippen LogP contribution in [0.1, 0.15) is 11.3 Å². The number of hydrogen-bond acceptors (Lipinski definition) is 6. The lowest BCUT2D eigenvalue weighted by Crippen LogP contribution is -2.32. The van der Waals surface area contributed by atoms with Crippen LogP contribution >= 0.6 is 35.0 Å². The van der Waals surface area contributed by atoms with E-state index in [1.54, 1.807) is 9.69 Å². The van der Waals surface area contributed by atoms with E-state index < -0.39 is 0 Å². The lowest BCUT2D eigenvalue weighted by Gasteiger charge is -2.15. The van der Waals surface area contributed by atoms with Gasteiger partial charge in [-0.05, 0) is 25.1 Å². The molecule has 1 aliphatic heterocycles. The summed E-state index contributed by atoms with van der Waals surface area (Å²) in [6, 6.07) is 9.27. The Bertz CT molecular complexity index is 977. The summed E-state index contributed by atoms with van der Waals surface area (Å²) in [7, 11) is 0. The van der Waals surface area contributed by atoms with Crippen molar-refractivity contribution >= 4 is 45.8 Å². The van der Waals surface area contributed by atoms with Gasteiger partial charge in [-0.1, -0.05) is 41.0 Å². The van der Waals surface area contributed by atoms with Crippen molar-refractivity contribution in [3.63, 3.8) is 0 Å². The second kappa shape index (κ2) is 7.55. The van der Waals surface area contributed by atoms with E-state index in [2.05, 4.69) is 15.3 Å². The average Bonchev–Trinajstić information content (AvgIpc) is 3.32. The molecule has 140 valence electrons. The molecule has 7 nitrogen and oxygen atoms in total. The van der Waals surface area contributed by atoms with Crippen LogP contribution in [0, 0.1) is 6.92 Å². The van der Waals surface area contributed by atoms with Gasteiger partial charge < -0.3 is 5.73 Å². The van der Waals surface area contributed by atoms with Crippen LogP contribution in [-0.4, -0.2) is 30.1 Å². The third-order valence-corrected chi connectivity index (χ3v) is 5.66. The van der Waals surface area contributed by atoms with Gasteiger partial charge in [0.1, 0.15) is 5.04 Å². The summed E-state index contributed by atoms with van der Waals surface area (Å²) in [6.07, 6.45) is 3.78. The Balaban J connectivity index is 1.50. The largest absolute Gasteiger partial charge is 0.301 e. The van der Waals surface area contributed by atoms with Crippen molar-refractivity contribution in [2.75, 3.05) is 5.01 Å². The van der Waals surface area contributed by atoms with Crippen LogP contribution in [0.4, 0.5) is 5.82 Å². The van der Waals surface area contributed by atoms with E-state index in [-0.39, 0.29) is 5.50 Å². The first-order chi connectivity index (χ1) is 13.0. The SMILES string of the molecule is Cc1ccn(CC2=NN(c3ccn(Cc4c(Cl)cccc4Cl)n3)C(N)S2)n1. The molecule has 0 bridgehead atoms. The molecule has 4 rings (SSSR count). The highest BCUT2D eigenvalue weighted by molar-refractivity contribution is 8.14. The van der Waals surface area contributed by atoms with Crippen LogP contribution in [0.15, 0.2) is 47.8 Å². The third kappa shape index (κ3) is 3.98. The fourth-order valence-corrected chi connectivity index (χ4v) is 4.13. The second-order valence-corrected chi connectivity index (χ2v) is 8.08. The Morgan fingerprint density at radius 1 is 1.04 bits per heavy atom. The van der Waals surface area contributed by atoms with E-state index in [1.807, 2.05) is 54.3 Å². The maximum Gasteiger partial charge on any atom is 0.173 e. The number of rotatable bonds is 5. The fraction of sp³-hybridized carbons (Fsp3) is 0.235. The molecule has 1 atom stereocenters. The zero-order chi connectivity index (χ0) is 19.0. The van der Waals surface area contributed by atoms with E-state index in [9.17, 15) is 0 Å². The van der Waals surface area contributed by atoms with E-state index in [1.165, 1.54) is 11.8 Å². The van der Waals surface area contributed by atoms with Crippen LogP contribution in [0.25, 0.3) is 0 Å². The Hall–Kier alpha value is -2.00. The number of nitrogens with zero attached hydrogens (tertiary/aromatic N) is 6. The first-order valence-electron chi connectivity index (χ1n) is 8.25. The molecule has 0 amide bonds. The van der Waals surface area contributed by atoms with Crippen molar-refractivity contribution in [1.82, 2.24) is 19.6 Å². The number of hydrazone groups is 1. The van der Waals surface area contributed by atoms with Gasteiger partial charge in [-0.2, -0.15) is 15.3 Å². The molecule has 0 aliphatic carbocycles. The standard InChI is InChI=1S/C17H17Cl2N7S/c1-11-5-7-25(21-11)10-16-23-26(17(20)27-16)15-6-8-24(22-15)9-12-13(18)3-2-4-14(12)19/h2-8,17H,9-10,20H2,1H3. The Labute approximate surface area is 170 Å². The summed E-state index contributed by atoms with van der Waals surface area (Å²) in [6.45, 7) is 3.01. The van der Waals surface area contributed by atoms with Gasteiger partial charge in [-0.3, -0.25) is 9.36 Å². The number of aryl methyl sites for hydroxylation is 1. The highest BCUT2D eigenvalue weighted by Crippen LogP contribution is 2.29. The van der Waals surface area contributed by atoms with Crippen LogP contribution in [0.5, 0.6) is 0 Å². The topological polar surface area (TPSA) is 77.3 Å². The molecule has 27 heavy (non-hydrogen) atoms. The smallest absolute Gasteiger partial charge is 0.173 e. The summed E-state index contributed by atoms with van der Waals surface area (Å²) in [5, 5.41) is 17.4. The van der Waals surface area contributed by atoms with Crippen LogP contribution in [-0.2, 0) is 13.1 Å². The number of benzene rings is 1. The van der Waals surface area contributed by atoms with E-state index in [4.69, 9.17) is 28.9 Å². The highest BCUT2D eigenvalue weighted by atomic mass is 35.5. The summed E-state index contributed by atoms with van der Waals surface area (Å²) in [4.78, 5) is 0. The molecule has 0 spiro atoms. The maximum absolute atomic E-state index is 6.24. The normalized spacial score (nSPS) is 16.8. The Morgan fingerprint density at radius 3 is 2.44 bits per heavy atom. The lowest BCUT2D eigenvalue weighted by molar-refractivity contribution is 0.674. The van der Waals surface area contributed by atoms with Crippen molar-refractivity contribution in [3.8, 4) is 0 Å². The van der Waals surface area contributed by atoms with Gasteiger partial charge in [-0.15, -0.1) is 0 Å². The molecule has 1 unspecified atom stereocenters. The summed E-state index contributed by atoms with van der Waals surface area (Å²) in [5.74, 6) is 0.671. The fourth-order valence-electron chi connectivity index (χ4n) is 2.74. The number of halogens is 2. The molecule has 2 N–H and O–H groups in total. The van der Waals surface area contributed by atoms with Crippen LogP contribution < -0.4 is 10.7 Å². The van der Waals surface area contributed by atoms with Crippen molar-refractivity contribution in [2.45, 2.75) is 25.5 Å². The quantitative estimate of drug-likeness (QED) is 0.681. The summed E-state index contributed by atoms with van der Waals surface area (Å²) >= 11 is 14.0. The van der Waals surface area contributed by atoms with Crippen molar-refractivity contribution in [1.29, 1.82) is 0 Å². The second-order valence-electron chi connectivity index (χ2n) is 6.07. The van der Waals surface area contributed by atoms with Crippen LogP contribution in [0.3, 0.4) is 0 Å². The molecule has 0 saturated heterocycles. The first-order valence-corrected chi connectivity index (χ1v) is 9.88. The number of anilines is 1. The molecule has 3 heterocycles. The molecular formula is C17H17Cl2N7S. The maximum atomic E-state index is 6.24. The summed E-state index contributed by atoms with van der Waals surface area (Å²) < 4.78 is 3.61. The number of nitrogens with two attached hydrogens (primary N) is 1. The minimum Gasteiger partial charge on any atom is -0.301 e.